The van der Waals surface area contributed by atoms with Crippen LogP contribution in [0.1, 0.15) is 0 Å². The van der Waals surface area contributed by atoms with Crippen molar-refractivity contribution in [2.45, 2.75) is 0 Å². The largest absolute Gasteiger partial charge is 0.455 e. The Balaban J connectivity index is 1.83. The van der Waals surface area contributed by atoms with Crippen LogP contribution < -0.4 is 0 Å². The van der Waals surface area contributed by atoms with E-state index in [9.17, 15) is 4.39 Å². The van der Waals surface area contributed by atoms with Crippen LogP contribution in [0.3, 0.4) is 0 Å². The fourth-order valence-corrected chi connectivity index (χ4v) is 3.19. The summed E-state index contributed by atoms with van der Waals surface area (Å²) in [5.74, 6) is -0.299. The van der Waals surface area contributed by atoms with Crippen molar-refractivity contribution in [1.82, 2.24) is 4.98 Å². The standard InChI is InChI=1S/C21H12FNO/c22-14-9-10-15-16-5-3-6-17(21(16)24-20(15)12-14)19-11-8-13-4-1-2-7-18(13)23-19/h1-12H. The van der Waals surface area contributed by atoms with Crippen molar-refractivity contribution < 1.29 is 8.81 Å². The van der Waals surface area contributed by atoms with Crippen molar-refractivity contribution in [1.29, 1.82) is 0 Å². The van der Waals surface area contributed by atoms with Gasteiger partial charge in [-0.1, -0.05) is 36.4 Å². The van der Waals surface area contributed by atoms with Gasteiger partial charge in [-0.3, -0.25) is 0 Å². The average molecular weight is 313 g/mol. The molecular weight excluding hydrogens is 301 g/mol. The third-order valence-corrected chi connectivity index (χ3v) is 4.34. The summed E-state index contributed by atoms with van der Waals surface area (Å²) >= 11 is 0. The molecule has 2 aromatic heterocycles. The lowest BCUT2D eigenvalue weighted by Gasteiger charge is -2.04. The van der Waals surface area contributed by atoms with Gasteiger partial charge >= 0.3 is 0 Å². The van der Waals surface area contributed by atoms with Crippen molar-refractivity contribution in [3.05, 3.63) is 78.6 Å². The Morgan fingerprint density at radius 3 is 2.67 bits per heavy atom. The van der Waals surface area contributed by atoms with E-state index in [2.05, 4.69) is 6.07 Å². The zero-order valence-electron chi connectivity index (χ0n) is 12.7. The second kappa shape index (κ2) is 4.90. The van der Waals surface area contributed by atoms with Gasteiger partial charge in [-0.15, -0.1) is 0 Å². The van der Waals surface area contributed by atoms with E-state index in [1.807, 2.05) is 48.5 Å². The van der Waals surface area contributed by atoms with Crippen LogP contribution in [-0.4, -0.2) is 4.98 Å². The molecule has 0 radical (unpaired) electrons. The molecular formula is C21H12FNO. The molecule has 0 N–H and O–H groups in total. The maximum Gasteiger partial charge on any atom is 0.144 e. The molecule has 0 atom stereocenters. The number of hydrogen-bond donors (Lipinski definition) is 0. The topological polar surface area (TPSA) is 26.0 Å². The van der Waals surface area contributed by atoms with Crippen LogP contribution in [0.4, 0.5) is 4.39 Å². The van der Waals surface area contributed by atoms with E-state index in [-0.39, 0.29) is 5.82 Å². The second-order valence-electron chi connectivity index (χ2n) is 5.81. The third-order valence-electron chi connectivity index (χ3n) is 4.34. The summed E-state index contributed by atoms with van der Waals surface area (Å²) in [6, 6.07) is 22.6. The van der Waals surface area contributed by atoms with Crippen LogP contribution in [0.5, 0.6) is 0 Å². The fourth-order valence-electron chi connectivity index (χ4n) is 3.19. The first-order valence-electron chi connectivity index (χ1n) is 7.76. The van der Waals surface area contributed by atoms with Gasteiger partial charge in [0.15, 0.2) is 0 Å². The lowest BCUT2D eigenvalue weighted by atomic mass is 10.1. The predicted octanol–water partition coefficient (Wildman–Crippen LogP) is 5.94. The lowest BCUT2D eigenvalue weighted by Crippen LogP contribution is -1.85. The molecule has 5 rings (SSSR count). The van der Waals surface area contributed by atoms with Crippen LogP contribution in [-0.2, 0) is 0 Å². The number of hydrogen-bond acceptors (Lipinski definition) is 2. The van der Waals surface area contributed by atoms with E-state index in [1.54, 1.807) is 6.07 Å². The molecule has 2 nitrogen and oxygen atoms in total. The number of halogens is 1. The molecule has 0 spiro atoms. The molecule has 0 unspecified atom stereocenters. The molecule has 0 saturated heterocycles. The van der Waals surface area contributed by atoms with Crippen LogP contribution in [0.2, 0.25) is 0 Å². The van der Waals surface area contributed by atoms with Gasteiger partial charge in [-0.25, -0.2) is 9.37 Å². The Bertz CT molecular complexity index is 1220. The van der Waals surface area contributed by atoms with Gasteiger partial charge in [-0.05, 0) is 30.3 Å². The summed E-state index contributed by atoms with van der Waals surface area (Å²) in [5.41, 5.74) is 3.99. The monoisotopic (exact) mass is 313 g/mol. The molecule has 0 saturated carbocycles. The van der Waals surface area contributed by atoms with Crippen molar-refractivity contribution in [3.8, 4) is 11.3 Å². The number of furan rings is 1. The average Bonchev–Trinajstić information content (AvgIpc) is 2.98. The third kappa shape index (κ3) is 1.91. The number of para-hydroxylation sites is 2. The smallest absolute Gasteiger partial charge is 0.144 e. The maximum atomic E-state index is 13.5. The fraction of sp³-hybridized carbons (Fsp3) is 0. The minimum atomic E-state index is -0.299. The van der Waals surface area contributed by atoms with Gasteiger partial charge in [0.1, 0.15) is 17.0 Å². The van der Waals surface area contributed by atoms with Crippen molar-refractivity contribution in [2.75, 3.05) is 0 Å². The summed E-state index contributed by atoms with van der Waals surface area (Å²) in [5, 5.41) is 2.98. The SMILES string of the molecule is Fc1ccc2c(c1)oc1c(-c3ccc4ccccc4n3)cccc12. The molecule has 0 amide bonds. The van der Waals surface area contributed by atoms with E-state index in [4.69, 9.17) is 9.40 Å². The number of nitrogens with zero attached hydrogens (tertiary/aromatic N) is 1. The second-order valence-corrected chi connectivity index (χ2v) is 5.81. The summed E-state index contributed by atoms with van der Waals surface area (Å²) in [7, 11) is 0. The van der Waals surface area contributed by atoms with Gasteiger partial charge in [0.05, 0.1) is 11.2 Å². The van der Waals surface area contributed by atoms with Crippen LogP contribution in [0, 0.1) is 5.82 Å². The van der Waals surface area contributed by atoms with Crippen LogP contribution in [0.15, 0.2) is 77.2 Å². The van der Waals surface area contributed by atoms with Crippen molar-refractivity contribution in [2.24, 2.45) is 0 Å². The Morgan fingerprint density at radius 1 is 0.792 bits per heavy atom. The van der Waals surface area contributed by atoms with Crippen LogP contribution in [0.25, 0.3) is 44.1 Å². The Kier molecular flexibility index (Phi) is 2.71. The van der Waals surface area contributed by atoms with Crippen molar-refractivity contribution >= 4 is 32.8 Å². The van der Waals surface area contributed by atoms with E-state index >= 15 is 0 Å². The van der Waals surface area contributed by atoms with E-state index in [0.717, 1.165) is 38.5 Å². The summed E-state index contributed by atoms with van der Waals surface area (Å²) in [6.45, 7) is 0. The number of fused-ring (bicyclic) bond motifs is 4. The zero-order chi connectivity index (χ0) is 16.1. The first kappa shape index (κ1) is 13.3. The molecule has 24 heavy (non-hydrogen) atoms. The highest BCUT2D eigenvalue weighted by Crippen LogP contribution is 2.35. The Hall–Kier alpha value is -3.20. The molecule has 0 fully saturated rings. The normalized spacial score (nSPS) is 11.5. The van der Waals surface area contributed by atoms with Gasteiger partial charge < -0.3 is 4.42 Å². The highest BCUT2D eigenvalue weighted by Gasteiger charge is 2.13. The molecule has 3 heteroatoms. The van der Waals surface area contributed by atoms with E-state index in [0.29, 0.717) is 5.58 Å². The molecule has 114 valence electrons. The van der Waals surface area contributed by atoms with Gasteiger partial charge in [-0.2, -0.15) is 0 Å². The molecule has 0 aliphatic carbocycles. The quantitative estimate of drug-likeness (QED) is 0.383. The highest BCUT2D eigenvalue weighted by atomic mass is 19.1. The minimum absolute atomic E-state index is 0.299. The summed E-state index contributed by atoms with van der Waals surface area (Å²) in [6.07, 6.45) is 0. The maximum absolute atomic E-state index is 13.5. The predicted molar refractivity (Wildman–Crippen MR) is 94.4 cm³/mol. The van der Waals surface area contributed by atoms with E-state index < -0.39 is 0 Å². The summed E-state index contributed by atoms with van der Waals surface area (Å²) < 4.78 is 19.4. The summed E-state index contributed by atoms with van der Waals surface area (Å²) in [4.78, 5) is 4.75. The number of rotatable bonds is 1. The minimum Gasteiger partial charge on any atom is -0.455 e. The van der Waals surface area contributed by atoms with Gasteiger partial charge in [0, 0.05) is 27.8 Å². The number of aromatic nitrogens is 1. The highest BCUT2D eigenvalue weighted by molar-refractivity contribution is 6.09. The van der Waals surface area contributed by atoms with Crippen LogP contribution >= 0.6 is 0 Å². The Morgan fingerprint density at radius 2 is 1.71 bits per heavy atom. The zero-order valence-corrected chi connectivity index (χ0v) is 12.7. The van der Waals surface area contributed by atoms with Crippen molar-refractivity contribution in [3.63, 3.8) is 0 Å². The number of pyridine rings is 1. The first-order chi connectivity index (χ1) is 11.8. The van der Waals surface area contributed by atoms with Gasteiger partial charge in [0.25, 0.3) is 0 Å². The molecule has 3 aromatic carbocycles. The van der Waals surface area contributed by atoms with E-state index in [1.165, 1.54) is 12.1 Å². The molecule has 0 bridgehead atoms. The number of benzene rings is 3. The molecule has 0 aliphatic heterocycles. The lowest BCUT2D eigenvalue weighted by molar-refractivity contribution is 0.618. The Labute approximate surface area is 137 Å². The molecule has 2 heterocycles. The van der Waals surface area contributed by atoms with Gasteiger partial charge in [0.2, 0.25) is 0 Å². The first-order valence-corrected chi connectivity index (χ1v) is 7.76. The molecule has 0 aliphatic rings. The molecule has 5 aromatic rings.